The first-order chi connectivity index (χ1) is 10.7. The molecule has 2 atom stereocenters. The fourth-order valence-corrected chi connectivity index (χ4v) is 4.09. The molecule has 116 valence electrons. The van der Waals surface area contributed by atoms with Crippen molar-refractivity contribution in [2.75, 3.05) is 13.6 Å². The number of likely N-dealkylation sites (N-methyl/N-ethyl adjacent to an activating group) is 1. The van der Waals surface area contributed by atoms with Gasteiger partial charge in [-0.2, -0.15) is 0 Å². The Hall–Kier alpha value is -1.72. The van der Waals surface area contributed by atoms with E-state index in [1.54, 1.807) is 6.07 Å². The van der Waals surface area contributed by atoms with Crippen LogP contribution in [0.2, 0.25) is 0 Å². The van der Waals surface area contributed by atoms with E-state index in [2.05, 4.69) is 11.9 Å². The normalized spacial score (nSPS) is 25.0. The molecule has 1 N–H and O–H groups in total. The number of likely N-dealkylation sites (tertiary alicyclic amines) is 1. The molecule has 2 aliphatic rings. The third-order valence-electron chi connectivity index (χ3n) is 5.27. The summed E-state index contributed by atoms with van der Waals surface area (Å²) in [5.41, 5.74) is 1.56. The Morgan fingerprint density at radius 3 is 3.00 bits per heavy atom. The second-order valence-corrected chi connectivity index (χ2v) is 6.52. The summed E-state index contributed by atoms with van der Waals surface area (Å²) in [4.78, 5) is 20.1. The molecule has 1 aromatic carbocycles. The Labute approximate surface area is 129 Å². The molecule has 0 saturated carbocycles. The van der Waals surface area contributed by atoms with Crippen molar-refractivity contribution < 1.29 is 5.11 Å². The first-order valence-electron chi connectivity index (χ1n) is 8.03. The van der Waals surface area contributed by atoms with Crippen LogP contribution in [0.15, 0.2) is 23.0 Å². The lowest BCUT2D eigenvalue weighted by Crippen LogP contribution is -2.47. The highest BCUT2D eigenvalue weighted by molar-refractivity contribution is 5.78. The summed E-state index contributed by atoms with van der Waals surface area (Å²) in [6.07, 6.45) is 3.29. The number of aliphatic hydroxyl groups is 1. The molecule has 2 aromatic rings. The zero-order valence-electron chi connectivity index (χ0n) is 12.8. The molecule has 3 heterocycles. The molecule has 4 rings (SSSR count). The van der Waals surface area contributed by atoms with Crippen LogP contribution in [0, 0.1) is 0 Å². The molecule has 0 unspecified atom stereocenters. The number of rotatable bonds is 1. The van der Waals surface area contributed by atoms with E-state index in [-0.39, 0.29) is 12.2 Å². The summed E-state index contributed by atoms with van der Waals surface area (Å²) in [7, 11) is 2.18. The predicted octanol–water partition coefficient (Wildman–Crippen LogP) is 1.47. The van der Waals surface area contributed by atoms with E-state index in [4.69, 9.17) is 4.98 Å². The number of aromatic nitrogens is 2. The van der Waals surface area contributed by atoms with Gasteiger partial charge in [0, 0.05) is 18.5 Å². The Bertz CT molecular complexity index is 783. The maximum Gasteiger partial charge on any atom is 0.261 e. The van der Waals surface area contributed by atoms with Crippen LogP contribution < -0.4 is 5.56 Å². The molecule has 5 nitrogen and oxygen atoms in total. The maximum absolute atomic E-state index is 12.8. The van der Waals surface area contributed by atoms with Crippen LogP contribution in [0.5, 0.6) is 0 Å². The van der Waals surface area contributed by atoms with E-state index < -0.39 is 0 Å². The van der Waals surface area contributed by atoms with E-state index in [0.717, 1.165) is 49.3 Å². The van der Waals surface area contributed by atoms with Crippen LogP contribution in [0.1, 0.15) is 36.6 Å². The van der Waals surface area contributed by atoms with Crippen LogP contribution >= 0.6 is 0 Å². The van der Waals surface area contributed by atoms with Crippen LogP contribution in [0.4, 0.5) is 0 Å². The number of aliphatic hydroxyl groups excluding tert-OH is 1. The summed E-state index contributed by atoms with van der Waals surface area (Å²) >= 11 is 0. The third kappa shape index (κ3) is 2.00. The van der Waals surface area contributed by atoms with Crippen molar-refractivity contribution in [1.82, 2.24) is 14.5 Å². The molecule has 0 spiro atoms. The summed E-state index contributed by atoms with van der Waals surface area (Å²) in [6, 6.07) is 5.99. The van der Waals surface area contributed by atoms with Crippen molar-refractivity contribution in [3.05, 3.63) is 39.9 Å². The van der Waals surface area contributed by atoms with Crippen molar-refractivity contribution in [2.24, 2.45) is 0 Å². The molecule has 0 aliphatic carbocycles. The standard InChI is InChI=1S/C17H21N3O2/c1-19-7-2-3-12-15(19)6-8-20-16(12)18-14-5-4-11(10-21)9-13(14)17(20)22/h4-5,9,12,15,21H,2-3,6-8,10H2,1H3/t12-,15-/m1/s1. The van der Waals surface area contributed by atoms with Gasteiger partial charge in [0.25, 0.3) is 5.56 Å². The second kappa shape index (κ2) is 5.18. The van der Waals surface area contributed by atoms with Crippen LogP contribution in [-0.2, 0) is 13.2 Å². The van der Waals surface area contributed by atoms with Crippen molar-refractivity contribution >= 4 is 10.9 Å². The fraction of sp³-hybridized carbons (Fsp3) is 0.529. The van der Waals surface area contributed by atoms with E-state index in [0.29, 0.717) is 17.3 Å². The summed E-state index contributed by atoms with van der Waals surface area (Å²) in [5, 5.41) is 9.90. The van der Waals surface area contributed by atoms with Crippen LogP contribution in [-0.4, -0.2) is 39.2 Å². The van der Waals surface area contributed by atoms with Crippen LogP contribution in [0.3, 0.4) is 0 Å². The lowest BCUT2D eigenvalue weighted by atomic mass is 9.84. The monoisotopic (exact) mass is 299 g/mol. The van der Waals surface area contributed by atoms with E-state index in [1.165, 1.54) is 0 Å². The zero-order chi connectivity index (χ0) is 15.3. The van der Waals surface area contributed by atoms with Crippen molar-refractivity contribution in [1.29, 1.82) is 0 Å². The van der Waals surface area contributed by atoms with Gasteiger partial charge in [-0.25, -0.2) is 4.98 Å². The van der Waals surface area contributed by atoms with Crippen molar-refractivity contribution in [3.8, 4) is 0 Å². The lowest BCUT2D eigenvalue weighted by Gasteiger charge is -2.42. The van der Waals surface area contributed by atoms with Gasteiger partial charge in [0.15, 0.2) is 0 Å². The first-order valence-corrected chi connectivity index (χ1v) is 8.03. The van der Waals surface area contributed by atoms with Gasteiger partial charge in [-0.3, -0.25) is 9.36 Å². The molecule has 1 fully saturated rings. The van der Waals surface area contributed by atoms with Gasteiger partial charge < -0.3 is 10.0 Å². The predicted molar refractivity (Wildman–Crippen MR) is 84.9 cm³/mol. The molecule has 5 heteroatoms. The summed E-state index contributed by atoms with van der Waals surface area (Å²) in [5.74, 6) is 1.32. The molecule has 0 amide bonds. The highest BCUT2D eigenvalue weighted by Gasteiger charge is 2.36. The Kier molecular flexibility index (Phi) is 3.27. The Morgan fingerprint density at radius 1 is 1.32 bits per heavy atom. The van der Waals surface area contributed by atoms with Crippen molar-refractivity contribution in [3.63, 3.8) is 0 Å². The molecule has 1 saturated heterocycles. The number of hydrogen-bond acceptors (Lipinski definition) is 4. The highest BCUT2D eigenvalue weighted by Crippen LogP contribution is 2.36. The molecule has 2 aliphatic heterocycles. The van der Waals surface area contributed by atoms with Gasteiger partial charge in [-0.05, 0) is 50.6 Å². The highest BCUT2D eigenvalue weighted by atomic mass is 16.3. The SMILES string of the molecule is CN1CCC[C@H]2c3nc4ccc(CO)cc4c(=O)n3CC[C@H]21. The topological polar surface area (TPSA) is 58.4 Å². The summed E-state index contributed by atoms with van der Waals surface area (Å²) < 4.78 is 1.86. The van der Waals surface area contributed by atoms with Gasteiger partial charge in [0.1, 0.15) is 5.82 Å². The van der Waals surface area contributed by atoms with Gasteiger partial charge >= 0.3 is 0 Å². The second-order valence-electron chi connectivity index (χ2n) is 6.52. The lowest BCUT2D eigenvalue weighted by molar-refractivity contribution is 0.123. The smallest absolute Gasteiger partial charge is 0.261 e. The number of piperidine rings is 1. The van der Waals surface area contributed by atoms with Gasteiger partial charge in [0.2, 0.25) is 0 Å². The molecule has 0 bridgehead atoms. The minimum absolute atomic E-state index is 0.0435. The average molecular weight is 299 g/mol. The third-order valence-corrected chi connectivity index (χ3v) is 5.27. The maximum atomic E-state index is 12.8. The quantitative estimate of drug-likeness (QED) is 0.866. The average Bonchev–Trinajstić information content (AvgIpc) is 2.55. The molecule has 22 heavy (non-hydrogen) atoms. The Morgan fingerprint density at radius 2 is 2.18 bits per heavy atom. The van der Waals surface area contributed by atoms with E-state index >= 15 is 0 Å². The van der Waals surface area contributed by atoms with Crippen molar-refractivity contribution in [2.45, 2.75) is 44.4 Å². The zero-order valence-corrected chi connectivity index (χ0v) is 12.8. The first kappa shape index (κ1) is 13.9. The molecule has 0 radical (unpaired) electrons. The number of hydrogen-bond donors (Lipinski definition) is 1. The molecular weight excluding hydrogens is 278 g/mol. The largest absolute Gasteiger partial charge is 0.392 e. The van der Waals surface area contributed by atoms with E-state index in [1.807, 2.05) is 16.7 Å². The number of fused-ring (bicyclic) bond motifs is 4. The Balaban J connectivity index is 1.91. The number of nitrogens with zero attached hydrogens (tertiary/aromatic N) is 3. The van der Waals surface area contributed by atoms with E-state index in [9.17, 15) is 9.90 Å². The minimum Gasteiger partial charge on any atom is -0.392 e. The fourth-order valence-electron chi connectivity index (χ4n) is 4.09. The van der Waals surface area contributed by atoms with Gasteiger partial charge in [0.05, 0.1) is 17.5 Å². The summed E-state index contributed by atoms with van der Waals surface area (Å²) in [6.45, 7) is 1.83. The van der Waals surface area contributed by atoms with Gasteiger partial charge in [-0.15, -0.1) is 0 Å². The number of benzene rings is 1. The van der Waals surface area contributed by atoms with Gasteiger partial charge in [-0.1, -0.05) is 6.07 Å². The van der Waals surface area contributed by atoms with Crippen LogP contribution in [0.25, 0.3) is 10.9 Å². The molecular formula is C17H21N3O2. The molecule has 1 aromatic heterocycles. The minimum atomic E-state index is -0.0490.